The van der Waals surface area contributed by atoms with E-state index in [1.807, 2.05) is 18.5 Å². The van der Waals surface area contributed by atoms with Crippen molar-refractivity contribution in [2.24, 2.45) is 0 Å². The maximum Gasteiger partial charge on any atom is 0.207 e. The molecule has 0 radical (unpaired) electrons. The predicted molar refractivity (Wildman–Crippen MR) is 82.2 cm³/mol. The van der Waals surface area contributed by atoms with Crippen molar-refractivity contribution < 1.29 is 0 Å². The third-order valence-electron chi connectivity index (χ3n) is 3.44. The van der Waals surface area contributed by atoms with E-state index in [1.165, 1.54) is 25.0 Å². The molecule has 0 saturated carbocycles. The molecule has 0 aliphatic carbocycles. The summed E-state index contributed by atoms with van der Waals surface area (Å²) in [4.78, 5) is 4.42. The third-order valence-corrected chi connectivity index (χ3v) is 4.84. The van der Waals surface area contributed by atoms with Crippen LogP contribution in [-0.4, -0.2) is 27.1 Å². The van der Waals surface area contributed by atoms with Crippen LogP contribution < -0.4 is 5.32 Å². The van der Waals surface area contributed by atoms with Gasteiger partial charge in [0, 0.05) is 29.9 Å². The predicted octanol–water partition coefficient (Wildman–Crippen LogP) is 3.57. The van der Waals surface area contributed by atoms with Crippen LogP contribution in [0.5, 0.6) is 0 Å². The summed E-state index contributed by atoms with van der Waals surface area (Å²) in [5, 5.41) is 4.22. The number of hydrogen-bond donors (Lipinski definition) is 1. The van der Waals surface area contributed by atoms with E-state index in [1.54, 1.807) is 0 Å². The minimum atomic E-state index is 0.731. The highest BCUT2D eigenvalue weighted by Crippen LogP contribution is 2.25. The van der Waals surface area contributed by atoms with Crippen LogP contribution in [0.1, 0.15) is 19.3 Å². The fraction of sp³-hybridized carbons (Fsp3) is 0.400. The number of nitrogens with zero attached hydrogens (tertiary/aromatic N) is 2. The molecule has 1 saturated heterocycles. The highest BCUT2D eigenvalue weighted by molar-refractivity contribution is 7.99. The van der Waals surface area contributed by atoms with Gasteiger partial charge in [0.05, 0.1) is 0 Å². The normalized spacial score (nSPS) is 19.3. The highest BCUT2D eigenvalue weighted by Gasteiger charge is 2.14. The molecule has 1 fully saturated rings. The van der Waals surface area contributed by atoms with Gasteiger partial charge in [-0.15, -0.1) is 0 Å². The number of anilines is 1. The zero-order valence-electron chi connectivity index (χ0n) is 11.0. The second-order valence-electron chi connectivity index (χ2n) is 4.83. The number of hydrogen-bond acceptors (Lipinski definition) is 3. The second-order valence-corrected chi connectivity index (χ2v) is 6.23. The van der Waals surface area contributed by atoms with E-state index < -0.39 is 0 Å². The number of rotatable bonds is 4. The molecule has 1 atom stereocenters. The second kappa shape index (κ2) is 6.15. The number of benzene rings is 1. The van der Waals surface area contributed by atoms with Crippen LogP contribution >= 0.6 is 11.8 Å². The van der Waals surface area contributed by atoms with E-state index in [0.717, 1.165) is 23.4 Å². The van der Waals surface area contributed by atoms with Crippen molar-refractivity contribution >= 4 is 17.7 Å². The first-order chi connectivity index (χ1) is 9.43. The van der Waals surface area contributed by atoms with Gasteiger partial charge in [-0.3, -0.25) is 4.57 Å². The van der Waals surface area contributed by atoms with Crippen LogP contribution in [0, 0.1) is 0 Å². The van der Waals surface area contributed by atoms with Crippen molar-refractivity contribution in [1.29, 1.82) is 0 Å². The van der Waals surface area contributed by atoms with Crippen LogP contribution in [-0.2, 0) is 0 Å². The molecule has 1 aromatic heterocycles. The summed E-state index contributed by atoms with van der Waals surface area (Å²) in [5.41, 5.74) is 1.15. The third kappa shape index (κ3) is 3.13. The summed E-state index contributed by atoms with van der Waals surface area (Å²) < 4.78 is 2.10. The number of aromatic nitrogens is 2. The lowest BCUT2D eigenvalue weighted by Gasteiger charge is -2.21. The Kier molecular flexibility index (Phi) is 4.08. The van der Waals surface area contributed by atoms with E-state index in [9.17, 15) is 0 Å². The average Bonchev–Trinajstić information content (AvgIpc) is 2.95. The first kappa shape index (κ1) is 12.6. The Balaban J connectivity index is 1.67. The molecule has 1 aromatic carbocycles. The van der Waals surface area contributed by atoms with Gasteiger partial charge in [0.1, 0.15) is 0 Å². The molecule has 0 amide bonds. The molecule has 3 nitrogen and oxygen atoms in total. The van der Waals surface area contributed by atoms with Crippen molar-refractivity contribution in [1.82, 2.24) is 9.55 Å². The Labute approximate surface area is 118 Å². The number of nitrogens with one attached hydrogen (secondary N) is 1. The minimum Gasteiger partial charge on any atom is -0.354 e. The van der Waals surface area contributed by atoms with Crippen LogP contribution in [0.2, 0.25) is 0 Å². The summed E-state index contributed by atoms with van der Waals surface area (Å²) in [7, 11) is 0. The van der Waals surface area contributed by atoms with E-state index >= 15 is 0 Å². The van der Waals surface area contributed by atoms with Gasteiger partial charge in [-0.2, -0.15) is 11.8 Å². The van der Waals surface area contributed by atoms with Gasteiger partial charge in [-0.1, -0.05) is 24.6 Å². The Morgan fingerprint density at radius 3 is 2.95 bits per heavy atom. The van der Waals surface area contributed by atoms with E-state index in [4.69, 9.17) is 0 Å². The molecule has 2 aromatic rings. The van der Waals surface area contributed by atoms with Gasteiger partial charge >= 0.3 is 0 Å². The maximum absolute atomic E-state index is 4.42. The molecule has 19 heavy (non-hydrogen) atoms. The van der Waals surface area contributed by atoms with Gasteiger partial charge in [-0.05, 0) is 30.7 Å². The zero-order valence-corrected chi connectivity index (χ0v) is 11.8. The van der Waals surface area contributed by atoms with Crippen molar-refractivity contribution in [2.45, 2.75) is 24.5 Å². The zero-order chi connectivity index (χ0) is 12.9. The van der Waals surface area contributed by atoms with Gasteiger partial charge in [0.15, 0.2) is 0 Å². The van der Waals surface area contributed by atoms with E-state index in [0.29, 0.717) is 0 Å². The molecule has 2 heterocycles. The maximum atomic E-state index is 4.42. The molecule has 0 spiro atoms. The molecule has 0 bridgehead atoms. The monoisotopic (exact) mass is 273 g/mol. The van der Waals surface area contributed by atoms with Crippen LogP contribution in [0.15, 0.2) is 42.7 Å². The van der Waals surface area contributed by atoms with Crippen molar-refractivity contribution in [3.05, 3.63) is 42.7 Å². The van der Waals surface area contributed by atoms with Crippen molar-refractivity contribution in [3.8, 4) is 5.69 Å². The molecule has 1 N–H and O–H groups in total. The number of thioether (sulfide) groups is 1. The lowest BCUT2D eigenvalue weighted by Crippen LogP contribution is -2.21. The summed E-state index contributed by atoms with van der Waals surface area (Å²) in [6, 6.07) is 10.3. The van der Waals surface area contributed by atoms with Crippen LogP contribution in [0.3, 0.4) is 0 Å². The fourth-order valence-corrected chi connectivity index (χ4v) is 3.64. The van der Waals surface area contributed by atoms with Gasteiger partial charge in [0.2, 0.25) is 5.95 Å². The van der Waals surface area contributed by atoms with Gasteiger partial charge in [0.25, 0.3) is 0 Å². The minimum absolute atomic E-state index is 0.731. The smallest absolute Gasteiger partial charge is 0.207 e. The SMILES string of the molecule is c1ccc(-n2ccnc2NCC2CCCCS2)cc1. The lowest BCUT2D eigenvalue weighted by atomic mass is 10.2. The molecular formula is C15H19N3S. The topological polar surface area (TPSA) is 29.9 Å². The van der Waals surface area contributed by atoms with Crippen LogP contribution in [0.4, 0.5) is 5.95 Å². The summed E-state index contributed by atoms with van der Waals surface area (Å²) in [6.07, 6.45) is 7.92. The number of para-hydroxylation sites is 1. The van der Waals surface area contributed by atoms with Crippen molar-refractivity contribution in [3.63, 3.8) is 0 Å². The molecule has 1 unspecified atom stereocenters. The lowest BCUT2D eigenvalue weighted by molar-refractivity contribution is 0.675. The Morgan fingerprint density at radius 2 is 2.16 bits per heavy atom. The largest absolute Gasteiger partial charge is 0.354 e. The van der Waals surface area contributed by atoms with E-state index in [-0.39, 0.29) is 0 Å². The van der Waals surface area contributed by atoms with Gasteiger partial charge in [-0.25, -0.2) is 4.98 Å². The first-order valence-electron chi connectivity index (χ1n) is 6.88. The van der Waals surface area contributed by atoms with Crippen molar-refractivity contribution in [2.75, 3.05) is 17.6 Å². The first-order valence-corrected chi connectivity index (χ1v) is 7.92. The molecule has 3 rings (SSSR count). The Hall–Kier alpha value is -1.42. The molecular weight excluding hydrogens is 254 g/mol. The quantitative estimate of drug-likeness (QED) is 0.923. The standard InChI is InChI=1S/C15H19N3S/c1-2-6-13(7-3-1)18-10-9-16-15(18)17-12-14-8-4-5-11-19-14/h1-3,6-7,9-10,14H,4-5,8,11-12H2,(H,16,17). The summed E-state index contributed by atoms with van der Waals surface area (Å²) in [5.74, 6) is 2.25. The molecule has 4 heteroatoms. The molecule has 1 aliphatic rings. The number of imidazole rings is 1. The molecule has 100 valence electrons. The Bertz CT molecular complexity index is 503. The van der Waals surface area contributed by atoms with E-state index in [2.05, 4.69) is 50.9 Å². The molecule has 1 aliphatic heterocycles. The highest BCUT2D eigenvalue weighted by atomic mass is 32.2. The van der Waals surface area contributed by atoms with Crippen LogP contribution in [0.25, 0.3) is 5.69 Å². The average molecular weight is 273 g/mol. The Morgan fingerprint density at radius 1 is 1.26 bits per heavy atom. The summed E-state index contributed by atoms with van der Waals surface area (Å²) >= 11 is 2.09. The fourth-order valence-electron chi connectivity index (χ4n) is 2.40. The summed E-state index contributed by atoms with van der Waals surface area (Å²) in [6.45, 7) is 1.01. The van der Waals surface area contributed by atoms with Gasteiger partial charge < -0.3 is 5.32 Å².